The molecule has 2 fully saturated rings. The molecule has 1 aliphatic carbocycles. The molecule has 2 N–H and O–H groups in total. The highest BCUT2D eigenvalue weighted by molar-refractivity contribution is 7.99. The number of aliphatic imine (C=N–C) groups is 1. The van der Waals surface area contributed by atoms with Crippen LogP contribution in [-0.4, -0.2) is 62.4 Å². The molecule has 2 rings (SSSR count). The Morgan fingerprint density at radius 3 is 2.50 bits per heavy atom. The second kappa shape index (κ2) is 5.28. The highest BCUT2D eigenvalue weighted by Gasteiger charge is 2.45. The molecule has 5 nitrogen and oxygen atoms in total. The molecule has 1 aliphatic heterocycles. The highest BCUT2D eigenvalue weighted by Crippen LogP contribution is 2.46. The fourth-order valence-electron chi connectivity index (χ4n) is 2.22. The Labute approximate surface area is 113 Å². The maximum atomic E-state index is 11.3. The monoisotopic (exact) mass is 291 g/mol. The molecule has 0 bridgehead atoms. The number of hydrogen-bond acceptors (Lipinski definition) is 4. The Hall–Kier alpha value is -0.430. The molecule has 1 saturated heterocycles. The van der Waals surface area contributed by atoms with E-state index in [9.17, 15) is 8.42 Å². The van der Waals surface area contributed by atoms with Gasteiger partial charge in [0.25, 0.3) is 0 Å². The van der Waals surface area contributed by atoms with Crippen LogP contribution in [0.15, 0.2) is 4.99 Å². The molecule has 1 saturated carbocycles. The van der Waals surface area contributed by atoms with Crippen molar-refractivity contribution in [2.75, 3.05) is 43.1 Å². The maximum Gasteiger partial charge on any atom is 0.191 e. The van der Waals surface area contributed by atoms with Gasteiger partial charge in [-0.3, -0.25) is 4.99 Å². The first-order valence-electron chi connectivity index (χ1n) is 6.21. The van der Waals surface area contributed by atoms with Crippen LogP contribution in [0.5, 0.6) is 0 Å². The lowest BCUT2D eigenvalue weighted by Crippen LogP contribution is -2.43. The lowest BCUT2D eigenvalue weighted by molar-refractivity contribution is 0.451. The summed E-state index contributed by atoms with van der Waals surface area (Å²) in [7, 11) is -2.92. The van der Waals surface area contributed by atoms with Gasteiger partial charge in [0.15, 0.2) is 5.96 Å². The number of guanidine groups is 1. The van der Waals surface area contributed by atoms with Gasteiger partial charge in [-0.1, -0.05) is 0 Å². The Bertz CT molecular complexity index is 424. The highest BCUT2D eigenvalue weighted by atomic mass is 32.2. The van der Waals surface area contributed by atoms with Crippen molar-refractivity contribution in [2.45, 2.75) is 12.8 Å². The largest absolute Gasteiger partial charge is 0.370 e. The molecule has 1 heterocycles. The third kappa shape index (κ3) is 4.05. The smallest absolute Gasteiger partial charge is 0.191 e. The minimum atomic E-state index is -2.92. The average Bonchev–Trinajstić information content (AvgIpc) is 3.05. The van der Waals surface area contributed by atoms with Crippen molar-refractivity contribution in [3.05, 3.63) is 0 Å². The Balaban J connectivity index is 1.89. The van der Waals surface area contributed by atoms with E-state index in [0.29, 0.717) is 12.5 Å². The molecule has 0 aromatic carbocycles. The molecule has 0 radical (unpaired) electrons. The van der Waals surface area contributed by atoms with Crippen molar-refractivity contribution in [1.82, 2.24) is 4.90 Å². The van der Waals surface area contributed by atoms with Crippen LogP contribution in [0.4, 0.5) is 0 Å². The van der Waals surface area contributed by atoms with E-state index in [0.717, 1.165) is 37.4 Å². The van der Waals surface area contributed by atoms with Crippen molar-refractivity contribution in [2.24, 2.45) is 16.1 Å². The summed E-state index contributed by atoms with van der Waals surface area (Å²) in [6, 6.07) is 0. The van der Waals surface area contributed by atoms with Gasteiger partial charge in [-0.2, -0.15) is 11.8 Å². The van der Waals surface area contributed by atoms with E-state index in [1.54, 1.807) is 0 Å². The standard InChI is InChI=1S/C11H21N3O2S2/c1-18(15,16)9-11(2-3-11)8-13-10(12)14-4-6-17-7-5-14/h2-9H2,1H3,(H2,12,13). The van der Waals surface area contributed by atoms with Crippen molar-refractivity contribution < 1.29 is 8.42 Å². The van der Waals surface area contributed by atoms with Gasteiger partial charge in [0, 0.05) is 42.8 Å². The zero-order valence-corrected chi connectivity index (χ0v) is 12.4. The Morgan fingerprint density at radius 1 is 1.39 bits per heavy atom. The van der Waals surface area contributed by atoms with Crippen molar-refractivity contribution in [3.63, 3.8) is 0 Å². The maximum absolute atomic E-state index is 11.3. The molecular formula is C11H21N3O2S2. The van der Waals surface area contributed by atoms with Gasteiger partial charge < -0.3 is 10.6 Å². The normalized spacial score (nSPS) is 24.1. The van der Waals surface area contributed by atoms with Gasteiger partial charge in [0.1, 0.15) is 9.84 Å². The molecule has 7 heteroatoms. The van der Waals surface area contributed by atoms with Gasteiger partial charge in [-0.25, -0.2) is 8.42 Å². The SMILES string of the molecule is CS(=O)(=O)CC1(CN=C(N)N2CCSCC2)CC1. The van der Waals surface area contributed by atoms with Crippen LogP contribution >= 0.6 is 11.8 Å². The number of nitrogens with two attached hydrogens (primary N) is 1. The fourth-order valence-corrected chi connectivity index (χ4v) is 4.62. The summed E-state index contributed by atoms with van der Waals surface area (Å²) in [4.78, 5) is 6.50. The van der Waals surface area contributed by atoms with Crippen LogP contribution in [-0.2, 0) is 9.84 Å². The van der Waals surface area contributed by atoms with Gasteiger partial charge >= 0.3 is 0 Å². The van der Waals surface area contributed by atoms with E-state index in [2.05, 4.69) is 9.89 Å². The van der Waals surface area contributed by atoms with Crippen LogP contribution in [0.2, 0.25) is 0 Å². The van der Waals surface area contributed by atoms with Crippen LogP contribution in [0.25, 0.3) is 0 Å². The van der Waals surface area contributed by atoms with Crippen LogP contribution in [0.1, 0.15) is 12.8 Å². The number of rotatable bonds is 4. The molecule has 0 atom stereocenters. The number of nitrogens with zero attached hydrogens (tertiary/aromatic N) is 2. The van der Waals surface area contributed by atoms with Crippen LogP contribution in [0, 0.1) is 5.41 Å². The van der Waals surface area contributed by atoms with E-state index >= 15 is 0 Å². The topological polar surface area (TPSA) is 75.8 Å². The molecule has 104 valence electrons. The summed E-state index contributed by atoms with van der Waals surface area (Å²) in [6.07, 6.45) is 3.20. The molecule has 0 aromatic heterocycles. The van der Waals surface area contributed by atoms with E-state index in [1.165, 1.54) is 6.26 Å². The number of hydrogen-bond donors (Lipinski definition) is 1. The van der Waals surface area contributed by atoms with Crippen molar-refractivity contribution >= 4 is 27.6 Å². The molecule has 18 heavy (non-hydrogen) atoms. The van der Waals surface area contributed by atoms with Crippen molar-refractivity contribution in [1.29, 1.82) is 0 Å². The summed E-state index contributed by atoms with van der Waals surface area (Å²) in [5.74, 6) is 3.00. The summed E-state index contributed by atoms with van der Waals surface area (Å²) in [6.45, 7) is 2.44. The summed E-state index contributed by atoms with van der Waals surface area (Å²) in [5.41, 5.74) is 5.84. The van der Waals surface area contributed by atoms with Crippen molar-refractivity contribution in [3.8, 4) is 0 Å². The Morgan fingerprint density at radius 2 is 2.00 bits per heavy atom. The Kier molecular flexibility index (Phi) is 4.11. The third-order valence-electron chi connectivity index (χ3n) is 3.44. The van der Waals surface area contributed by atoms with E-state index in [4.69, 9.17) is 5.73 Å². The predicted molar refractivity (Wildman–Crippen MR) is 76.8 cm³/mol. The van der Waals surface area contributed by atoms with Gasteiger partial charge in [0.2, 0.25) is 0 Å². The second-order valence-electron chi connectivity index (χ2n) is 5.34. The predicted octanol–water partition coefficient (Wildman–Crippen LogP) is 0.175. The quantitative estimate of drug-likeness (QED) is 0.590. The number of thioether (sulfide) groups is 1. The van der Waals surface area contributed by atoms with E-state index < -0.39 is 9.84 Å². The second-order valence-corrected chi connectivity index (χ2v) is 8.71. The first kappa shape index (κ1) is 14.0. The van der Waals surface area contributed by atoms with Crippen LogP contribution in [0.3, 0.4) is 0 Å². The number of sulfone groups is 1. The van der Waals surface area contributed by atoms with Crippen LogP contribution < -0.4 is 5.73 Å². The summed E-state index contributed by atoms with van der Waals surface area (Å²) >= 11 is 1.93. The lowest BCUT2D eigenvalue weighted by atomic mass is 10.1. The molecule has 0 amide bonds. The minimum Gasteiger partial charge on any atom is -0.370 e. The van der Waals surface area contributed by atoms with Gasteiger partial charge in [-0.15, -0.1) is 0 Å². The van der Waals surface area contributed by atoms with E-state index in [1.807, 2.05) is 11.8 Å². The molecule has 0 spiro atoms. The summed E-state index contributed by atoms with van der Waals surface area (Å²) in [5, 5.41) is 0. The van der Waals surface area contributed by atoms with E-state index in [-0.39, 0.29) is 11.2 Å². The van der Waals surface area contributed by atoms with Gasteiger partial charge in [0.05, 0.1) is 5.75 Å². The first-order chi connectivity index (χ1) is 8.40. The van der Waals surface area contributed by atoms with Gasteiger partial charge in [-0.05, 0) is 12.8 Å². The molecule has 0 unspecified atom stereocenters. The summed E-state index contributed by atoms with van der Waals surface area (Å²) < 4.78 is 22.7. The minimum absolute atomic E-state index is 0.122. The third-order valence-corrected chi connectivity index (χ3v) is 5.52. The zero-order valence-electron chi connectivity index (χ0n) is 10.8. The first-order valence-corrected chi connectivity index (χ1v) is 9.42. The lowest BCUT2D eigenvalue weighted by Gasteiger charge is -2.27. The fraction of sp³-hybridized carbons (Fsp3) is 0.909. The molecular weight excluding hydrogens is 270 g/mol. The molecule has 0 aromatic rings. The molecule has 2 aliphatic rings. The zero-order chi connectivity index (χ0) is 13.2. The average molecular weight is 291 g/mol.